The molecule has 9 nitrogen and oxygen atoms in total. The number of hydrogen-bond acceptors (Lipinski definition) is 7. The maximum absolute atomic E-state index is 13.1. The Labute approximate surface area is 191 Å². The van der Waals surface area contributed by atoms with Gasteiger partial charge in [-0.3, -0.25) is 19.4 Å². The molecule has 33 heavy (non-hydrogen) atoms. The summed E-state index contributed by atoms with van der Waals surface area (Å²) >= 11 is 0. The summed E-state index contributed by atoms with van der Waals surface area (Å²) in [4.78, 5) is 47.1. The molecular weight excluding hydrogens is 422 g/mol. The van der Waals surface area contributed by atoms with Crippen molar-refractivity contribution in [1.82, 2.24) is 9.97 Å². The Bertz CT molecular complexity index is 1170. The van der Waals surface area contributed by atoms with E-state index in [0.29, 0.717) is 26.1 Å². The molecule has 1 saturated heterocycles. The fourth-order valence-electron chi connectivity index (χ4n) is 4.30. The van der Waals surface area contributed by atoms with Gasteiger partial charge >= 0.3 is 5.97 Å². The largest absolute Gasteiger partial charge is 0.466 e. The number of ether oxygens (including phenoxy) is 1. The molecule has 170 valence electrons. The number of carbonyl (C=O) groups is 2. The van der Waals surface area contributed by atoms with Crippen LogP contribution < -0.4 is 15.8 Å². The zero-order valence-electron chi connectivity index (χ0n) is 18.3. The van der Waals surface area contributed by atoms with E-state index in [1.54, 1.807) is 19.1 Å². The number of H-pyrrole nitrogens is 1. The summed E-state index contributed by atoms with van der Waals surface area (Å²) in [5, 5.41) is 12.2. The maximum atomic E-state index is 13.1. The van der Waals surface area contributed by atoms with Gasteiger partial charge in [-0.2, -0.15) is 10.2 Å². The molecule has 3 heterocycles. The number of amides is 1. The average molecular weight is 447 g/mol. The summed E-state index contributed by atoms with van der Waals surface area (Å²) < 4.78 is 5.14. The normalized spacial score (nSPS) is 22.4. The first-order chi connectivity index (χ1) is 16.0. The molecule has 0 saturated carbocycles. The predicted molar refractivity (Wildman–Crippen MR) is 122 cm³/mol. The SMILES string of the molecule is CCOC(=O)C1CCCN(c2nc3c(c(=O)[nH]2)C(/C=C/c2ccccc2)C(C#N)C(=O)N3)C1. The van der Waals surface area contributed by atoms with Crippen LogP contribution in [0, 0.1) is 23.2 Å². The molecule has 2 aliphatic rings. The molecule has 2 aliphatic heterocycles. The van der Waals surface area contributed by atoms with E-state index in [1.807, 2.05) is 41.3 Å². The smallest absolute Gasteiger partial charge is 0.310 e. The Morgan fingerprint density at radius 2 is 2.12 bits per heavy atom. The molecule has 2 aromatic rings. The molecule has 9 heteroatoms. The monoisotopic (exact) mass is 447 g/mol. The van der Waals surface area contributed by atoms with Gasteiger partial charge in [-0.25, -0.2) is 0 Å². The van der Waals surface area contributed by atoms with Crippen LogP contribution in [0.3, 0.4) is 0 Å². The van der Waals surface area contributed by atoms with Crippen molar-refractivity contribution >= 4 is 29.7 Å². The Morgan fingerprint density at radius 3 is 2.85 bits per heavy atom. The number of nitriles is 1. The second-order valence-corrected chi connectivity index (χ2v) is 8.08. The average Bonchev–Trinajstić information content (AvgIpc) is 2.83. The topological polar surface area (TPSA) is 128 Å². The van der Waals surface area contributed by atoms with Gasteiger partial charge in [0.15, 0.2) is 0 Å². The van der Waals surface area contributed by atoms with Gasteiger partial charge in [-0.1, -0.05) is 42.5 Å². The van der Waals surface area contributed by atoms with Gasteiger partial charge in [-0.05, 0) is 25.3 Å². The van der Waals surface area contributed by atoms with Crippen molar-refractivity contribution in [2.75, 3.05) is 29.9 Å². The van der Waals surface area contributed by atoms with Crippen LogP contribution in [0.2, 0.25) is 0 Å². The fourth-order valence-corrected chi connectivity index (χ4v) is 4.30. The van der Waals surface area contributed by atoms with Crippen LogP contribution in [0.5, 0.6) is 0 Å². The van der Waals surface area contributed by atoms with Crippen LogP contribution in [-0.2, 0) is 14.3 Å². The second kappa shape index (κ2) is 9.69. The number of hydrogen-bond donors (Lipinski definition) is 2. The Morgan fingerprint density at radius 1 is 1.33 bits per heavy atom. The van der Waals surface area contributed by atoms with Crippen LogP contribution in [0.15, 0.2) is 41.2 Å². The van der Waals surface area contributed by atoms with E-state index < -0.39 is 23.3 Å². The summed E-state index contributed by atoms with van der Waals surface area (Å²) in [6.07, 6.45) is 4.95. The van der Waals surface area contributed by atoms with Gasteiger partial charge in [0.1, 0.15) is 11.7 Å². The third-order valence-electron chi connectivity index (χ3n) is 5.93. The molecule has 3 atom stereocenters. The highest BCUT2D eigenvalue weighted by atomic mass is 16.5. The van der Waals surface area contributed by atoms with Crippen LogP contribution in [0.1, 0.15) is 36.8 Å². The number of aromatic nitrogens is 2. The molecule has 1 amide bonds. The lowest BCUT2D eigenvalue weighted by molar-refractivity contribution is -0.148. The summed E-state index contributed by atoms with van der Waals surface area (Å²) in [5.74, 6) is -2.43. The number of piperidine rings is 1. The highest BCUT2D eigenvalue weighted by Gasteiger charge is 2.38. The van der Waals surface area contributed by atoms with E-state index >= 15 is 0 Å². The van der Waals surface area contributed by atoms with Crippen LogP contribution in [-0.4, -0.2) is 41.5 Å². The highest BCUT2D eigenvalue weighted by Crippen LogP contribution is 2.35. The lowest BCUT2D eigenvalue weighted by atomic mass is 9.83. The molecule has 1 fully saturated rings. The van der Waals surface area contributed by atoms with Crippen LogP contribution >= 0.6 is 0 Å². The van der Waals surface area contributed by atoms with E-state index in [0.717, 1.165) is 12.0 Å². The van der Waals surface area contributed by atoms with Gasteiger partial charge in [0.05, 0.1) is 24.2 Å². The van der Waals surface area contributed by atoms with Crippen molar-refractivity contribution in [1.29, 1.82) is 5.26 Å². The number of allylic oxidation sites excluding steroid dienone is 1. The number of benzene rings is 1. The molecule has 3 unspecified atom stereocenters. The van der Waals surface area contributed by atoms with E-state index in [4.69, 9.17) is 4.74 Å². The molecule has 2 N–H and O–H groups in total. The number of nitrogens with one attached hydrogen (secondary N) is 2. The van der Waals surface area contributed by atoms with Gasteiger partial charge < -0.3 is 15.0 Å². The van der Waals surface area contributed by atoms with E-state index in [-0.39, 0.29) is 29.2 Å². The number of fused-ring (bicyclic) bond motifs is 1. The molecule has 0 aliphatic carbocycles. The fraction of sp³-hybridized carbons (Fsp3) is 0.375. The zero-order valence-corrected chi connectivity index (χ0v) is 18.3. The molecule has 0 radical (unpaired) electrons. The summed E-state index contributed by atoms with van der Waals surface area (Å²) in [5.41, 5.74) is 0.716. The third kappa shape index (κ3) is 4.65. The highest BCUT2D eigenvalue weighted by molar-refractivity contribution is 5.97. The molecular formula is C24H25N5O4. The van der Waals surface area contributed by atoms with Crippen molar-refractivity contribution in [3.8, 4) is 6.07 Å². The molecule has 1 aromatic heterocycles. The Kier molecular flexibility index (Phi) is 6.54. The summed E-state index contributed by atoms with van der Waals surface area (Å²) in [6, 6.07) is 11.4. The minimum atomic E-state index is -1.05. The van der Waals surface area contributed by atoms with Gasteiger partial charge in [-0.15, -0.1) is 0 Å². The van der Waals surface area contributed by atoms with Crippen LogP contribution in [0.25, 0.3) is 6.08 Å². The number of rotatable bonds is 5. The van der Waals surface area contributed by atoms with Crippen molar-refractivity contribution in [2.24, 2.45) is 11.8 Å². The zero-order chi connectivity index (χ0) is 23.4. The number of nitrogens with zero attached hydrogens (tertiary/aromatic N) is 3. The van der Waals surface area contributed by atoms with Crippen molar-refractivity contribution in [2.45, 2.75) is 25.7 Å². The number of anilines is 2. The van der Waals surface area contributed by atoms with E-state index in [9.17, 15) is 19.6 Å². The van der Waals surface area contributed by atoms with Gasteiger partial charge in [0, 0.05) is 19.0 Å². The molecule has 1 aromatic carbocycles. The van der Waals surface area contributed by atoms with Crippen molar-refractivity contribution in [3.63, 3.8) is 0 Å². The summed E-state index contributed by atoms with van der Waals surface area (Å²) in [6.45, 7) is 3.06. The first-order valence-electron chi connectivity index (χ1n) is 11.0. The Hall–Kier alpha value is -3.93. The minimum absolute atomic E-state index is 0.145. The predicted octanol–water partition coefficient (Wildman–Crippen LogP) is 2.44. The summed E-state index contributed by atoms with van der Waals surface area (Å²) in [7, 11) is 0. The molecule has 0 spiro atoms. The number of carbonyl (C=O) groups excluding carboxylic acids is 2. The number of esters is 1. The van der Waals surface area contributed by atoms with E-state index in [2.05, 4.69) is 15.3 Å². The standard InChI is InChI=1S/C24H25N5O4/c1-2-33-23(32)16-9-6-12-29(14-16)24-27-20-19(22(31)28-24)17(18(13-25)21(30)26-20)11-10-15-7-4-3-5-8-15/h3-5,7-8,10-11,16-18H,2,6,9,12,14H2,1H3,(H2,26,27,28,30,31)/b11-10+. The first kappa shape index (κ1) is 22.3. The lowest BCUT2D eigenvalue weighted by Gasteiger charge is -2.33. The first-order valence-corrected chi connectivity index (χ1v) is 11.0. The quantitative estimate of drug-likeness (QED) is 0.674. The van der Waals surface area contributed by atoms with Gasteiger partial charge in [0.25, 0.3) is 5.56 Å². The Balaban J connectivity index is 1.67. The molecule has 4 rings (SSSR count). The minimum Gasteiger partial charge on any atom is -0.466 e. The maximum Gasteiger partial charge on any atom is 0.310 e. The van der Waals surface area contributed by atoms with E-state index in [1.165, 1.54) is 0 Å². The van der Waals surface area contributed by atoms with Crippen LogP contribution in [0.4, 0.5) is 11.8 Å². The molecule has 0 bridgehead atoms. The lowest BCUT2D eigenvalue weighted by Crippen LogP contribution is -2.42. The number of aromatic amines is 1. The van der Waals surface area contributed by atoms with Crippen molar-refractivity contribution < 1.29 is 14.3 Å². The third-order valence-corrected chi connectivity index (χ3v) is 5.93. The van der Waals surface area contributed by atoms with Gasteiger partial charge in [0.2, 0.25) is 11.9 Å². The second-order valence-electron chi connectivity index (χ2n) is 8.08. The van der Waals surface area contributed by atoms with Crippen molar-refractivity contribution in [3.05, 3.63) is 57.9 Å².